The van der Waals surface area contributed by atoms with Gasteiger partial charge in [-0.25, -0.2) is 0 Å². The molecule has 5 nitrogen and oxygen atoms in total. The maximum Gasteiger partial charge on any atom is 0.257 e. The number of likely N-dealkylation sites (tertiary alicyclic amines) is 1. The van der Waals surface area contributed by atoms with Gasteiger partial charge in [0.2, 0.25) is 5.91 Å². The lowest BCUT2D eigenvalue weighted by atomic mass is 9.94. The Balaban J connectivity index is 1.64. The molecule has 1 saturated heterocycles. The molecule has 2 aromatic carbocycles. The van der Waals surface area contributed by atoms with Crippen molar-refractivity contribution < 1.29 is 14.3 Å². The third-order valence-corrected chi connectivity index (χ3v) is 6.44. The van der Waals surface area contributed by atoms with E-state index in [0.29, 0.717) is 43.9 Å². The molecule has 160 valence electrons. The van der Waals surface area contributed by atoms with Crippen molar-refractivity contribution in [2.24, 2.45) is 5.92 Å². The van der Waals surface area contributed by atoms with Crippen molar-refractivity contribution >= 4 is 27.7 Å². The molecule has 2 aromatic rings. The Morgan fingerprint density at radius 2 is 1.67 bits per heavy atom. The summed E-state index contributed by atoms with van der Waals surface area (Å²) in [6.07, 6.45) is 1.42. The van der Waals surface area contributed by atoms with Crippen LogP contribution in [0, 0.1) is 5.92 Å². The molecule has 0 aliphatic carbocycles. The molecule has 0 unspecified atom stereocenters. The molecule has 0 N–H and O–H groups in total. The fourth-order valence-corrected chi connectivity index (χ4v) is 4.23. The number of hydrogen-bond donors (Lipinski definition) is 0. The first-order valence-corrected chi connectivity index (χ1v) is 11.4. The number of piperidine rings is 1. The molecule has 0 spiro atoms. The number of ether oxygens (including phenoxy) is 1. The first-order valence-electron chi connectivity index (χ1n) is 10.6. The van der Waals surface area contributed by atoms with E-state index in [-0.39, 0.29) is 17.7 Å². The number of nitrogens with zero attached hydrogens (tertiary/aromatic N) is 2. The van der Waals surface area contributed by atoms with Gasteiger partial charge in [0.05, 0.1) is 5.56 Å². The molecular formula is C24H29BrN2O3. The lowest BCUT2D eigenvalue weighted by Gasteiger charge is -2.34. The molecule has 0 atom stereocenters. The second-order valence-corrected chi connectivity index (χ2v) is 8.31. The normalized spacial score (nSPS) is 14.4. The van der Waals surface area contributed by atoms with Gasteiger partial charge in [-0.05, 0) is 44.9 Å². The highest BCUT2D eigenvalue weighted by Crippen LogP contribution is 2.26. The molecule has 1 fully saturated rings. The number of rotatable bonds is 7. The van der Waals surface area contributed by atoms with Gasteiger partial charge in [-0.2, -0.15) is 0 Å². The van der Waals surface area contributed by atoms with Crippen molar-refractivity contribution in [2.75, 3.05) is 26.2 Å². The first-order chi connectivity index (χ1) is 14.5. The highest BCUT2D eigenvalue weighted by Gasteiger charge is 2.30. The van der Waals surface area contributed by atoms with Gasteiger partial charge in [0.25, 0.3) is 5.91 Å². The largest absolute Gasteiger partial charge is 0.488 e. The van der Waals surface area contributed by atoms with Crippen LogP contribution in [-0.2, 0) is 11.4 Å². The van der Waals surface area contributed by atoms with Crippen LogP contribution in [0.1, 0.15) is 42.6 Å². The fourth-order valence-electron chi connectivity index (χ4n) is 3.83. The average molecular weight is 473 g/mol. The van der Waals surface area contributed by atoms with E-state index in [0.717, 1.165) is 23.1 Å². The van der Waals surface area contributed by atoms with Gasteiger partial charge in [-0.15, -0.1) is 0 Å². The van der Waals surface area contributed by atoms with Crippen molar-refractivity contribution in [2.45, 2.75) is 33.3 Å². The van der Waals surface area contributed by atoms with Crippen LogP contribution >= 0.6 is 15.9 Å². The Morgan fingerprint density at radius 1 is 1.03 bits per heavy atom. The van der Waals surface area contributed by atoms with Crippen LogP contribution in [0.15, 0.2) is 53.0 Å². The van der Waals surface area contributed by atoms with E-state index in [1.807, 2.05) is 72.2 Å². The zero-order chi connectivity index (χ0) is 21.5. The molecule has 6 heteroatoms. The van der Waals surface area contributed by atoms with E-state index in [4.69, 9.17) is 4.74 Å². The van der Waals surface area contributed by atoms with Gasteiger partial charge in [-0.3, -0.25) is 9.59 Å². The summed E-state index contributed by atoms with van der Waals surface area (Å²) < 4.78 is 6.98. The molecule has 0 aromatic heterocycles. The number of carbonyl (C=O) groups excluding carboxylic acids is 2. The highest BCUT2D eigenvalue weighted by molar-refractivity contribution is 9.10. The summed E-state index contributed by atoms with van der Waals surface area (Å²) in [5.74, 6) is 0.770. The standard InChI is InChI=1S/C24H29BrN2O3/c1-3-26(4-2)23(28)18-13-15-27(16-14-18)24(29)20-10-6-8-12-22(20)30-17-19-9-5-7-11-21(19)25/h5-12,18H,3-4,13-17H2,1-2H3. The SMILES string of the molecule is CCN(CC)C(=O)C1CCN(C(=O)c2ccccc2OCc2ccccc2Br)CC1. The van der Waals surface area contributed by atoms with Crippen molar-refractivity contribution in [3.05, 3.63) is 64.1 Å². The molecule has 3 rings (SSSR count). The maximum absolute atomic E-state index is 13.2. The minimum Gasteiger partial charge on any atom is -0.488 e. The molecular weight excluding hydrogens is 444 g/mol. The Bertz CT molecular complexity index is 874. The second-order valence-electron chi connectivity index (χ2n) is 7.45. The molecule has 30 heavy (non-hydrogen) atoms. The molecule has 1 aliphatic rings. The quantitative estimate of drug-likeness (QED) is 0.584. The van der Waals surface area contributed by atoms with E-state index >= 15 is 0 Å². The van der Waals surface area contributed by atoms with Gasteiger partial charge in [0.15, 0.2) is 0 Å². The van der Waals surface area contributed by atoms with Crippen molar-refractivity contribution in [3.8, 4) is 5.75 Å². The van der Waals surface area contributed by atoms with Crippen LogP contribution in [0.25, 0.3) is 0 Å². The fraction of sp³-hybridized carbons (Fsp3) is 0.417. The average Bonchev–Trinajstić information content (AvgIpc) is 2.79. The molecule has 1 heterocycles. The van der Waals surface area contributed by atoms with Crippen LogP contribution in [-0.4, -0.2) is 47.8 Å². The zero-order valence-corrected chi connectivity index (χ0v) is 19.2. The minimum atomic E-state index is -0.0357. The number of para-hydroxylation sites is 1. The maximum atomic E-state index is 13.2. The van der Waals surface area contributed by atoms with Crippen molar-refractivity contribution in [1.82, 2.24) is 9.80 Å². The summed E-state index contributed by atoms with van der Waals surface area (Å²) >= 11 is 3.53. The van der Waals surface area contributed by atoms with E-state index in [1.165, 1.54) is 0 Å². The van der Waals surface area contributed by atoms with Crippen molar-refractivity contribution in [1.29, 1.82) is 0 Å². The van der Waals surface area contributed by atoms with Gasteiger partial charge in [0, 0.05) is 42.1 Å². The second kappa shape index (κ2) is 10.6. The Labute approximate surface area is 187 Å². The van der Waals surface area contributed by atoms with Crippen LogP contribution < -0.4 is 4.74 Å². The number of benzene rings is 2. The van der Waals surface area contributed by atoms with Gasteiger partial charge in [-0.1, -0.05) is 46.3 Å². The number of hydrogen-bond acceptors (Lipinski definition) is 3. The highest BCUT2D eigenvalue weighted by atomic mass is 79.9. The number of carbonyl (C=O) groups is 2. The third kappa shape index (κ3) is 5.22. The molecule has 1 aliphatic heterocycles. The first kappa shape index (κ1) is 22.3. The number of amides is 2. The summed E-state index contributed by atoms with van der Waals surface area (Å²) in [7, 11) is 0. The molecule has 0 radical (unpaired) electrons. The summed E-state index contributed by atoms with van der Waals surface area (Å²) in [4.78, 5) is 29.5. The zero-order valence-electron chi connectivity index (χ0n) is 17.6. The molecule has 2 amide bonds. The van der Waals surface area contributed by atoms with E-state index in [2.05, 4.69) is 15.9 Å². The smallest absolute Gasteiger partial charge is 0.257 e. The summed E-state index contributed by atoms with van der Waals surface area (Å²) in [5.41, 5.74) is 1.59. The summed E-state index contributed by atoms with van der Waals surface area (Å²) in [5, 5.41) is 0. The predicted molar refractivity (Wildman–Crippen MR) is 121 cm³/mol. The van der Waals surface area contributed by atoms with Gasteiger partial charge >= 0.3 is 0 Å². The van der Waals surface area contributed by atoms with Crippen LogP contribution in [0.5, 0.6) is 5.75 Å². The Morgan fingerprint density at radius 3 is 2.33 bits per heavy atom. The Kier molecular flexibility index (Phi) is 7.91. The lowest BCUT2D eigenvalue weighted by Crippen LogP contribution is -2.44. The minimum absolute atomic E-state index is 0.0101. The van der Waals surface area contributed by atoms with Gasteiger partial charge < -0.3 is 14.5 Å². The van der Waals surface area contributed by atoms with E-state index in [9.17, 15) is 9.59 Å². The summed E-state index contributed by atoms with van der Waals surface area (Å²) in [6.45, 7) is 7.04. The molecule has 0 bridgehead atoms. The van der Waals surface area contributed by atoms with E-state index in [1.54, 1.807) is 0 Å². The van der Waals surface area contributed by atoms with Crippen LogP contribution in [0.3, 0.4) is 0 Å². The molecule has 0 saturated carbocycles. The predicted octanol–water partition coefficient (Wildman–Crippen LogP) is 4.75. The van der Waals surface area contributed by atoms with Crippen LogP contribution in [0.2, 0.25) is 0 Å². The summed E-state index contributed by atoms with van der Waals surface area (Å²) in [6, 6.07) is 15.3. The third-order valence-electron chi connectivity index (χ3n) is 5.67. The lowest BCUT2D eigenvalue weighted by molar-refractivity contribution is -0.136. The van der Waals surface area contributed by atoms with Crippen LogP contribution in [0.4, 0.5) is 0 Å². The van der Waals surface area contributed by atoms with Crippen molar-refractivity contribution in [3.63, 3.8) is 0 Å². The van der Waals surface area contributed by atoms with E-state index < -0.39 is 0 Å². The Hall–Kier alpha value is -2.34. The monoisotopic (exact) mass is 472 g/mol. The topological polar surface area (TPSA) is 49.9 Å². The van der Waals surface area contributed by atoms with Gasteiger partial charge in [0.1, 0.15) is 12.4 Å². The number of halogens is 1.